The summed E-state index contributed by atoms with van der Waals surface area (Å²) >= 11 is 0. The molecule has 0 radical (unpaired) electrons. The highest BCUT2D eigenvalue weighted by atomic mass is 19.3. The number of benzene rings is 1. The van der Waals surface area contributed by atoms with Crippen molar-refractivity contribution >= 4 is 5.65 Å². The summed E-state index contributed by atoms with van der Waals surface area (Å²) in [4.78, 5) is 4.33. The standard InChI is InChI=1S/C18H19F2N3O2/c1-12-2-7-17-22-9-14(23(17)11-12)8-21-10-16(24)13-3-5-15(6-4-13)25-18(19)20/h2-7,9,11,16,18,21,24H,8,10H2,1H3. The van der Waals surface area contributed by atoms with Crippen molar-refractivity contribution in [2.24, 2.45) is 0 Å². The number of rotatable bonds is 7. The van der Waals surface area contributed by atoms with Crippen molar-refractivity contribution in [3.8, 4) is 5.75 Å². The largest absolute Gasteiger partial charge is 0.435 e. The average Bonchev–Trinajstić information content (AvgIpc) is 2.97. The second-order valence-corrected chi connectivity index (χ2v) is 5.78. The van der Waals surface area contributed by atoms with Crippen LogP contribution in [-0.4, -0.2) is 27.6 Å². The molecule has 0 fully saturated rings. The van der Waals surface area contributed by atoms with Crippen molar-refractivity contribution in [3.63, 3.8) is 0 Å². The molecular formula is C18H19F2N3O2. The maximum absolute atomic E-state index is 12.1. The van der Waals surface area contributed by atoms with Gasteiger partial charge in [-0.1, -0.05) is 18.2 Å². The lowest BCUT2D eigenvalue weighted by atomic mass is 10.1. The van der Waals surface area contributed by atoms with Gasteiger partial charge in [0.1, 0.15) is 11.4 Å². The third-order valence-corrected chi connectivity index (χ3v) is 3.86. The molecule has 1 unspecified atom stereocenters. The highest BCUT2D eigenvalue weighted by molar-refractivity contribution is 5.41. The van der Waals surface area contributed by atoms with Crippen molar-refractivity contribution in [3.05, 3.63) is 65.6 Å². The maximum Gasteiger partial charge on any atom is 0.387 e. The van der Waals surface area contributed by atoms with Crippen molar-refractivity contribution in [2.75, 3.05) is 6.54 Å². The first-order valence-corrected chi connectivity index (χ1v) is 7.89. The summed E-state index contributed by atoms with van der Waals surface area (Å²) in [6.45, 7) is 0.0380. The molecule has 3 rings (SSSR count). The van der Waals surface area contributed by atoms with Gasteiger partial charge in [-0.05, 0) is 36.2 Å². The van der Waals surface area contributed by atoms with Gasteiger partial charge in [0.2, 0.25) is 0 Å². The second kappa shape index (κ2) is 7.58. The molecular weight excluding hydrogens is 328 g/mol. The number of nitrogens with one attached hydrogen (secondary N) is 1. The van der Waals surface area contributed by atoms with E-state index >= 15 is 0 Å². The van der Waals surface area contributed by atoms with E-state index in [0.717, 1.165) is 16.9 Å². The van der Waals surface area contributed by atoms with Crippen LogP contribution in [0.1, 0.15) is 22.9 Å². The zero-order chi connectivity index (χ0) is 17.8. The minimum absolute atomic E-state index is 0.0695. The number of aromatic nitrogens is 2. The van der Waals surface area contributed by atoms with E-state index in [1.165, 1.54) is 12.1 Å². The van der Waals surface area contributed by atoms with Crippen LogP contribution in [0.15, 0.2) is 48.8 Å². The zero-order valence-corrected chi connectivity index (χ0v) is 13.7. The predicted octanol–water partition coefficient (Wildman–Crippen LogP) is 3.07. The number of pyridine rings is 1. The van der Waals surface area contributed by atoms with Crippen LogP contribution in [0.2, 0.25) is 0 Å². The minimum Gasteiger partial charge on any atom is -0.435 e. The number of ether oxygens (including phenoxy) is 1. The molecule has 2 heterocycles. The summed E-state index contributed by atoms with van der Waals surface area (Å²) in [5.41, 5.74) is 3.63. The smallest absolute Gasteiger partial charge is 0.387 e. The fourth-order valence-electron chi connectivity index (χ4n) is 2.59. The van der Waals surface area contributed by atoms with Crippen LogP contribution in [-0.2, 0) is 6.54 Å². The van der Waals surface area contributed by atoms with Crippen LogP contribution in [0, 0.1) is 6.92 Å². The molecule has 132 valence electrons. The Morgan fingerprint density at radius 3 is 2.68 bits per heavy atom. The Hall–Kier alpha value is -2.51. The molecule has 0 aliphatic rings. The highest BCUT2D eigenvalue weighted by Crippen LogP contribution is 2.19. The summed E-state index contributed by atoms with van der Waals surface area (Å²) in [5, 5.41) is 13.4. The van der Waals surface area contributed by atoms with Gasteiger partial charge < -0.3 is 19.6 Å². The summed E-state index contributed by atoms with van der Waals surface area (Å²) < 4.78 is 30.6. The summed E-state index contributed by atoms with van der Waals surface area (Å²) in [5.74, 6) is 0.0695. The third kappa shape index (κ3) is 4.32. The van der Waals surface area contributed by atoms with E-state index in [0.29, 0.717) is 18.7 Å². The molecule has 2 aromatic heterocycles. The fourth-order valence-corrected chi connectivity index (χ4v) is 2.59. The molecule has 0 amide bonds. The van der Waals surface area contributed by atoms with Gasteiger partial charge in [-0.3, -0.25) is 0 Å². The Morgan fingerprint density at radius 2 is 1.96 bits per heavy atom. The van der Waals surface area contributed by atoms with E-state index in [2.05, 4.69) is 15.0 Å². The number of hydrogen-bond donors (Lipinski definition) is 2. The van der Waals surface area contributed by atoms with Crippen LogP contribution in [0.3, 0.4) is 0 Å². The monoisotopic (exact) mass is 347 g/mol. The van der Waals surface area contributed by atoms with E-state index in [9.17, 15) is 13.9 Å². The topological polar surface area (TPSA) is 58.8 Å². The Balaban J connectivity index is 1.56. The first-order chi connectivity index (χ1) is 12.0. The predicted molar refractivity (Wildman–Crippen MR) is 89.7 cm³/mol. The summed E-state index contributed by atoms with van der Waals surface area (Å²) in [6, 6.07) is 9.93. The summed E-state index contributed by atoms with van der Waals surface area (Å²) in [7, 11) is 0. The number of imidazole rings is 1. The van der Waals surface area contributed by atoms with Crippen molar-refractivity contribution in [1.29, 1.82) is 0 Å². The quantitative estimate of drug-likeness (QED) is 0.690. The highest BCUT2D eigenvalue weighted by Gasteiger charge is 2.10. The second-order valence-electron chi connectivity index (χ2n) is 5.78. The lowest BCUT2D eigenvalue weighted by Crippen LogP contribution is -2.21. The average molecular weight is 347 g/mol. The number of hydrogen-bond acceptors (Lipinski definition) is 4. The molecule has 25 heavy (non-hydrogen) atoms. The van der Waals surface area contributed by atoms with E-state index in [4.69, 9.17) is 0 Å². The molecule has 0 saturated carbocycles. The van der Waals surface area contributed by atoms with Gasteiger partial charge >= 0.3 is 6.61 Å². The SMILES string of the molecule is Cc1ccc2ncc(CNCC(O)c3ccc(OC(F)F)cc3)n2c1. The molecule has 0 spiro atoms. The Kier molecular flexibility index (Phi) is 5.25. The first-order valence-electron chi connectivity index (χ1n) is 7.89. The van der Waals surface area contributed by atoms with Crippen LogP contribution in [0.5, 0.6) is 5.75 Å². The van der Waals surface area contributed by atoms with Crippen molar-refractivity contribution in [2.45, 2.75) is 26.2 Å². The van der Waals surface area contributed by atoms with Crippen molar-refractivity contribution in [1.82, 2.24) is 14.7 Å². The van der Waals surface area contributed by atoms with E-state index in [1.54, 1.807) is 18.3 Å². The number of nitrogens with zero attached hydrogens (tertiary/aromatic N) is 2. The first kappa shape index (κ1) is 17.3. The molecule has 5 nitrogen and oxygen atoms in total. The van der Waals surface area contributed by atoms with Gasteiger partial charge in [0.25, 0.3) is 0 Å². The minimum atomic E-state index is -2.86. The number of halogens is 2. The van der Waals surface area contributed by atoms with Crippen LogP contribution >= 0.6 is 0 Å². The molecule has 0 bridgehead atoms. The van der Waals surface area contributed by atoms with Gasteiger partial charge in [0.05, 0.1) is 18.0 Å². The third-order valence-electron chi connectivity index (χ3n) is 3.86. The van der Waals surface area contributed by atoms with Crippen LogP contribution in [0.25, 0.3) is 5.65 Å². The van der Waals surface area contributed by atoms with E-state index < -0.39 is 12.7 Å². The number of fused-ring (bicyclic) bond motifs is 1. The van der Waals surface area contributed by atoms with Crippen LogP contribution < -0.4 is 10.1 Å². The van der Waals surface area contributed by atoms with Gasteiger partial charge in [-0.25, -0.2) is 4.98 Å². The Bertz CT molecular complexity index is 834. The number of alkyl halides is 2. The lowest BCUT2D eigenvalue weighted by Gasteiger charge is -2.13. The van der Waals surface area contributed by atoms with E-state index in [1.807, 2.05) is 29.7 Å². The van der Waals surface area contributed by atoms with Crippen molar-refractivity contribution < 1.29 is 18.6 Å². The van der Waals surface area contributed by atoms with Crippen LogP contribution in [0.4, 0.5) is 8.78 Å². The molecule has 3 aromatic rings. The number of aliphatic hydroxyl groups is 1. The zero-order valence-electron chi connectivity index (χ0n) is 13.7. The molecule has 2 N–H and O–H groups in total. The molecule has 7 heteroatoms. The number of aliphatic hydroxyl groups excluding tert-OH is 1. The van der Waals surface area contributed by atoms with E-state index in [-0.39, 0.29) is 5.75 Å². The molecule has 1 aromatic carbocycles. The lowest BCUT2D eigenvalue weighted by molar-refractivity contribution is -0.0498. The normalized spacial score (nSPS) is 12.7. The molecule has 0 aliphatic heterocycles. The van der Waals surface area contributed by atoms with Gasteiger partial charge in [-0.15, -0.1) is 0 Å². The van der Waals surface area contributed by atoms with Gasteiger partial charge in [0.15, 0.2) is 0 Å². The maximum atomic E-state index is 12.1. The Morgan fingerprint density at radius 1 is 1.20 bits per heavy atom. The fraction of sp³-hybridized carbons (Fsp3) is 0.278. The van der Waals surface area contributed by atoms with Gasteiger partial charge in [-0.2, -0.15) is 8.78 Å². The molecule has 0 saturated heterocycles. The Labute approximate surface area is 143 Å². The van der Waals surface area contributed by atoms with Gasteiger partial charge in [0, 0.05) is 19.3 Å². The molecule has 0 aliphatic carbocycles. The molecule has 1 atom stereocenters. The summed E-state index contributed by atoms with van der Waals surface area (Å²) in [6.07, 6.45) is 3.06. The number of aryl methyl sites for hydroxylation is 1.